The first-order valence-corrected chi connectivity index (χ1v) is 6.74. The number of nitrogens with one attached hydrogen (secondary N) is 1. The van der Waals surface area contributed by atoms with E-state index < -0.39 is 5.97 Å². The molecule has 104 valence electrons. The van der Waals surface area contributed by atoms with Crippen molar-refractivity contribution in [1.29, 1.82) is 0 Å². The summed E-state index contributed by atoms with van der Waals surface area (Å²) in [4.78, 5) is 15.4. The average Bonchev–Trinajstić information content (AvgIpc) is 2.36. The molecular weight excluding hydrogens is 242 g/mol. The number of carboxylic acid groups (broad SMARTS) is 1. The third-order valence-electron chi connectivity index (χ3n) is 4.17. The number of carbonyl (C=O) groups is 1. The molecule has 1 aliphatic rings. The maximum Gasteiger partial charge on any atom is 0.339 e. The number of hydrogen-bond donors (Lipinski definition) is 3. The van der Waals surface area contributed by atoms with E-state index in [1.165, 1.54) is 25.1 Å². The molecule has 1 aromatic rings. The van der Waals surface area contributed by atoms with Gasteiger partial charge in [-0.15, -0.1) is 0 Å². The van der Waals surface area contributed by atoms with Crippen LogP contribution in [-0.2, 0) is 0 Å². The molecule has 0 amide bonds. The fraction of sp³-hybridized carbons (Fsp3) is 0.571. The van der Waals surface area contributed by atoms with Crippen molar-refractivity contribution in [3.8, 4) is 0 Å². The van der Waals surface area contributed by atoms with Crippen molar-refractivity contribution in [3.63, 3.8) is 0 Å². The van der Waals surface area contributed by atoms with Gasteiger partial charge in [0.2, 0.25) is 0 Å². The predicted molar refractivity (Wildman–Crippen MR) is 75.2 cm³/mol. The Balaban J connectivity index is 2.21. The molecule has 3 atom stereocenters. The SMILES string of the molecule is CC1CCCC(Nc2ncc(N)cc2C(=O)O)C1C. The maximum atomic E-state index is 11.2. The fourth-order valence-electron chi connectivity index (χ4n) is 2.72. The number of nitrogens with zero attached hydrogens (tertiary/aromatic N) is 1. The minimum absolute atomic E-state index is 0.144. The number of anilines is 2. The van der Waals surface area contributed by atoms with Crippen molar-refractivity contribution >= 4 is 17.5 Å². The Bertz CT molecular complexity index is 476. The summed E-state index contributed by atoms with van der Waals surface area (Å²) in [6.45, 7) is 4.45. The van der Waals surface area contributed by atoms with Crippen LogP contribution in [0.4, 0.5) is 11.5 Å². The topological polar surface area (TPSA) is 88.2 Å². The van der Waals surface area contributed by atoms with Crippen LogP contribution < -0.4 is 11.1 Å². The molecule has 3 unspecified atom stereocenters. The van der Waals surface area contributed by atoms with Crippen molar-refractivity contribution in [3.05, 3.63) is 17.8 Å². The van der Waals surface area contributed by atoms with Crippen molar-refractivity contribution in [2.24, 2.45) is 11.8 Å². The second kappa shape index (κ2) is 5.47. The number of pyridine rings is 1. The monoisotopic (exact) mass is 263 g/mol. The molecule has 5 nitrogen and oxygen atoms in total. The van der Waals surface area contributed by atoms with Crippen LogP contribution in [0.15, 0.2) is 12.3 Å². The summed E-state index contributed by atoms with van der Waals surface area (Å²) in [5.74, 6) is 0.578. The number of aromatic carboxylic acids is 1. The Labute approximate surface area is 113 Å². The number of nitrogen functional groups attached to an aromatic ring is 1. The lowest BCUT2D eigenvalue weighted by atomic mass is 9.78. The smallest absolute Gasteiger partial charge is 0.339 e. The zero-order valence-corrected chi connectivity index (χ0v) is 11.4. The average molecular weight is 263 g/mol. The molecule has 0 aliphatic heterocycles. The Morgan fingerprint density at radius 2 is 2.21 bits per heavy atom. The van der Waals surface area contributed by atoms with Crippen molar-refractivity contribution in [2.75, 3.05) is 11.1 Å². The highest BCUT2D eigenvalue weighted by atomic mass is 16.4. The van der Waals surface area contributed by atoms with Gasteiger partial charge >= 0.3 is 5.97 Å². The zero-order valence-electron chi connectivity index (χ0n) is 11.4. The normalized spacial score (nSPS) is 26.9. The van der Waals surface area contributed by atoms with Gasteiger partial charge in [0.05, 0.1) is 11.9 Å². The molecule has 0 bridgehead atoms. The largest absolute Gasteiger partial charge is 0.478 e. The van der Waals surface area contributed by atoms with Crippen LogP contribution >= 0.6 is 0 Å². The number of nitrogens with two attached hydrogens (primary N) is 1. The zero-order chi connectivity index (χ0) is 14.0. The molecule has 19 heavy (non-hydrogen) atoms. The van der Waals surface area contributed by atoms with Crippen LogP contribution in [0.2, 0.25) is 0 Å². The highest BCUT2D eigenvalue weighted by Crippen LogP contribution is 2.32. The van der Waals surface area contributed by atoms with Gasteiger partial charge in [-0.25, -0.2) is 9.78 Å². The third-order valence-corrected chi connectivity index (χ3v) is 4.17. The number of carboxylic acids is 1. The molecule has 0 spiro atoms. The van der Waals surface area contributed by atoms with E-state index in [1.54, 1.807) is 0 Å². The van der Waals surface area contributed by atoms with E-state index in [2.05, 4.69) is 24.1 Å². The van der Waals surface area contributed by atoms with Gasteiger partial charge < -0.3 is 16.2 Å². The van der Waals surface area contributed by atoms with Crippen molar-refractivity contribution < 1.29 is 9.90 Å². The summed E-state index contributed by atoms with van der Waals surface area (Å²) >= 11 is 0. The van der Waals surface area contributed by atoms with E-state index in [9.17, 15) is 9.90 Å². The summed E-state index contributed by atoms with van der Waals surface area (Å²) in [6.07, 6.45) is 4.95. The minimum Gasteiger partial charge on any atom is -0.478 e. The Morgan fingerprint density at radius 3 is 2.89 bits per heavy atom. The van der Waals surface area contributed by atoms with E-state index in [1.807, 2.05) is 0 Å². The Morgan fingerprint density at radius 1 is 1.47 bits per heavy atom. The van der Waals surface area contributed by atoms with Crippen molar-refractivity contribution in [2.45, 2.75) is 39.2 Å². The van der Waals surface area contributed by atoms with Crippen LogP contribution in [0, 0.1) is 11.8 Å². The highest BCUT2D eigenvalue weighted by Gasteiger charge is 2.28. The summed E-state index contributed by atoms with van der Waals surface area (Å²) < 4.78 is 0. The molecule has 2 rings (SSSR count). The van der Waals surface area contributed by atoms with E-state index in [4.69, 9.17) is 5.73 Å². The van der Waals surface area contributed by atoms with Crippen LogP contribution in [0.25, 0.3) is 0 Å². The van der Waals surface area contributed by atoms with Gasteiger partial charge in [-0.3, -0.25) is 0 Å². The van der Waals surface area contributed by atoms with Gasteiger partial charge in [-0.05, 0) is 24.3 Å². The van der Waals surface area contributed by atoms with Gasteiger partial charge in [0, 0.05) is 6.04 Å². The summed E-state index contributed by atoms with van der Waals surface area (Å²) in [5, 5.41) is 12.5. The molecule has 0 aromatic carbocycles. The maximum absolute atomic E-state index is 11.2. The number of rotatable bonds is 3. The second-order valence-corrected chi connectivity index (χ2v) is 5.49. The van der Waals surface area contributed by atoms with Crippen LogP contribution in [0.3, 0.4) is 0 Å². The van der Waals surface area contributed by atoms with Crippen molar-refractivity contribution in [1.82, 2.24) is 4.98 Å². The molecule has 0 radical (unpaired) electrons. The highest BCUT2D eigenvalue weighted by molar-refractivity contribution is 5.94. The van der Waals surface area contributed by atoms with Crippen LogP contribution in [0.5, 0.6) is 0 Å². The predicted octanol–water partition coefficient (Wildman–Crippen LogP) is 2.60. The van der Waals surface area contributed by atoms with E-state index in [0.29, 0.717) is 23.3 Å². The fourth-order valence-corrected chi connectivity index (χ4v) is 2.72. The van der Waals surface area contributed by atoms with Gasteiger partial charge in [-0.1, -0.05) is 26.7 Å². The van der Waals surface area contributed by atoms with E-state index in [-0.39, 0.29) is 11.6 Å². The number of hydrogen-bond acceptors (Lipinski definition) is 4. The second-order valence-electron chi connectivity index (χ2n) is 5.49. The molecule has 1 fully saturated rings. The lowest BCUT2D eigenvalue weighted by molar-refractivity contribution is 0.0697. The minimum atomic E-state index is -1.00. The first kappa shape index (κ1) is 13.6. The summed E-state index contributed by atoms with van der Waals surface area (Å²) in [6, 6.07) is 1.73. The third kappa shape index (κ3) is 2.97. The summed E-state index contributed by atoms with van der Waals surface area (Å²) in [5.41, 5.74) is 6.11. The Kier molecular flexibility index (Phi) is 3.93. The molecule has 5 heteroatoms. The van der Waals surface area contributed by atoms with E-state index in [0.717, 1.165) is 6.42 Å². The standard InChI is InChI=1S/C14H21N3O2/c1-8-4-3-5-12(9(8)2)17-13-11(14(18)19)6-10(15)7-16-13/h6-9,12H,3-5,15H2,1-2H3,(H,16,17)(H,18,19). The Hall–Kier alpha value is -1.78. The molecule has 1 aromatic heterocycles. The molecule has 4 N–H and O–H groups in total. The lowest BCUT2D eigenvalue weighted by Gasteiger charge is -2.35. The van der Waals surface area contributed by atoms with E-state index >= 15 is 0 Å². The molecular formula is C14H21N3O2. The molecule has 1 saturated carbocycles. The van der Waals surface area contributed by atoms with Gasteiger partial charge in [-0.2, -0.15) is 0 Å². The van der Waals surface area contributed by atoms with Gasteiger partial charge in [0.15, 0.2) is 0 Å². The quantitative estimate of drug-likeness (QED) is 0.780. The summed E-state index contributed by atoms with van der Waals surface area (Å²) in [7, 11) is 0. The van der Waals surface area contributed by atoms with Gasteiger partial charge in [0.1, 0.15) is 11.4 Å². The van der Waals surface area contributed by atoms with Crippen LogP contribution in [-0.4, -0.2) is 22.1 Å². The van der Waals surface area contributed by atoms with Crippen LogP contribution in [0.1, 0.15) is 43.5 Å². The first-order valence-electron chi connectivity index (χ1n) is 6.74. The molecule has 1 heterocycles. The van der Waals surface area contributed by atoms with Gasteiger partial charge in [0.25, 0.3) is 0 Å². The molecule has 1 aliphatic carbocycles. The molecule has 0 saturated heterocycles. The first-order chi connectivity index (χ1) is 8.99. The number of aromatic nitrogens is 1. The lowest BCUT2D eigenvalue weighted by Crippen LogP contribution is -2.35.